The van der Waals surface area contributed by atoms with Gasteiger partial charge in [0, 0.05) is 6.42 Å². The van der Waals surface area contributed by atoms with E-state index in [9.17, 15) is 4.79 Å². The molecule has 1 fully saturated rings. The summed E-state index contributed by atoms with van der Waals surface area (Å²) in [5.74, 6) is -0.0738. The average molecular weight is 312 g/mol. The van der Waals surface area contributed by atoms with Crippen molar-refractivity contribution in [3.05, 3.63) is 0 Å². The second-order valence-electron chi connectivity index (χ2n) is 6.69. The quantitative estimate of drug-likeness (QED) is 0.337. The van der Waals surface area contributed by atoms with Crippen LogP contribution in [-0.2, 0) is 14.3 Å². The van der Waals surface area contributed by atoms with Gasteiger partial charge in [-0.15, -0.1) is 0 Å². The smallest absolute Gasteiger partial charge is 0.305 e. The highest BCUT2D eigenvalue weighted by Gasteiger charge is 2.23. The van der Waals surface area contributed by atoms with Gasteiger partial charge in [-0.3, -0.25) is 4.79 Å². The molecule has 0 unspecified atom stereocenters. The number of hydrogen-bond acceptors (Lipinski definition) is 3. The number of ether oxygens (including phenoxy) is 2. The van der Waals surface area contributed by atoms with Gasteiger partial charge in [0.1, 0.15) is 0 Å². The standard InChI is InChI=1S/C19H36O3/c1-3-12-17-15-16-18(22-17)13-10-8-6-4-5-7-9-11-14-19(20)21-2/h17-18H,3-16H2,1-2H3/t17-,18+/m1/s1. The van der Waals surface area contributed by atoms with E-state index in [-0.39, 0.29) is 5.97 Å². The van der Waals surface area contributed by atoms with Crippen molar-refractivity contribution in [2.75, 3.05) is 7.11 Å². The molecule has 3 heteroatoms. The fourth-order valence-corrected chi connectivity index (χ4v) is 3.33. The van der Waals surface area contributed by atoms with E-state index >= 15 is 0 Å². The Kier molecular flexibility index (Phi) is 11.4. The van der Waals surface area contributed by atoms with Crippen LogP contribution in [0, 0.1) is 0 Å². The van der Waals surface area contributed by atoms with Gasteiger partial charge in [-0.1, -0.05) is 58.3 Å². The summed E-state index contributed by atoms with van der Waals surface area (Å²) in [5, 5.41) is 0. The van der Waals surface area contributed by atoms with Crippen molar-refractivity contribution in [3.8, 4) is 0 Å². The first kappa shape index (κ1) is 19.5. The second kappa shape index (κ2) is 12.9. The fourth-order valence-electron chi connectivity index (χ4n) is 3.33. The van der Waals surface area contributed by atoms with Crippen LogP contribution in [0.25, 0.3) is 0 Å². The summed E-state index contributed by atoms with van der Waals surface area (Å²) >= 11 is 0. The third-order valence-electron chi connectivity index (χ3n) is 4.69. The Labute approximate surface area is 137 Å². The molecule has 0 radical (unpaired) electrons. The largest absolute Gasteiger partial charge is 0.469 e. The molecule has 0 amide bonds. The molecule has 22 heavy (non-hydrogen) atoms. The van der Waals surface area contributed by atoms with Crippen LogP contribution in [0.2, 0.25) is 0 Å². The second-order valence-corrected chi connectivity index (χ2v) is 6.69. The van der Waals surface area contributed by atoms with E-state index in [0.29, 0.717) is 18.6 Å². The summed E-state index contributed by atoms with van der Waals surface area (Å²) in [5.41, 5.74) is 0. The SMILES string of the molecule is CCC[C@@H]1CC[C@H](CCCCCCCCCCC(=O)OC)O1. The summed E-state index contributed by atoms with van der Waals surface area (Å²) in [7, 11) is 1.46. The van der Waals surface area contributed by atoms with E-state index < -0.39 is 0 Å². The molecule has 1 aliphatic rings. The maximum absolute atomic E-state index is 11.0. The van der Waals surface area contributed by atoms with Crippen molar-refractivity contribution in [3.63, 3.8) is 0 Å². The molecule has 0 aromatic heterocycles. The molecule has 130 valence electrons. The maximum atomic E-state index is 11.0. The van der Waals surface area contributed by atoms with Crippen molar-refractivity contribution < 1.29 is 14.3 Å². The lowest BCUT2D eigenvalue weighted by Crippen LogP contribution is -2.10. The summed E-state index contributed by atoms with van der Waals surface area (Å²) in [6, 6.07) is 0. The zero-order chi connectivity index (χ0) is 16.0. The number of methoxy groups -OCH3 is 1. The van der Waals surface area contributed by atoms with Crippen LogP contribution in [0.15, 0.2) is 0 Å². The molecule has 1 saturated heterocycles. The van der Waals surface area contributed by atoms with Crippen molar-refractivity contribution in [2.24, 2.45) is 0 Å². The van der Waals surface area contributed by atoms with Crippen LogP contribution < -0.4 is 0 Å². The third-order valence-corrected chi connectivity index (χ3v) is 4.69. The predicted octanol–water partition coefficient (Wildman–Crippen LogP) is 5.41. The zero-order valence-corrected chi connectivity index (χ0v) is 14.8. The van der Waals surface area contributed by atoms with E-state index in [4.69, 9.17) is 4.74 Å². The first-order chi connectivity index (χ1) is 10.8. The molecule has 1 rings (SSSR count). The minimum Gasteiger partial charge on any atom is -0.469 e. The Morgan fingerprint density at radius 1 is 0.909 bits per heavy atom. The Hall–Kier alpha value is -0.570. The number of unbranched alkanes of at least 4 members (excludes halogenated alkanes) is 7. The maximum Gasteiger partial charge on any atom is 0.305 e. The number of rotatable bonds is 13. The Morgan fingerprint density at radius 3 is 2.05 bits per heavy atom. The van der Waals surface area contributed by atoms with Crippen LogP contribution in [0.5, 0.6) is 0 Å². The van der Waals surface area contributed by atoms with E-state index in [1.54, 1.807) is 0 Å². The first-order valence-electron chi connectivity index (χ1n) is 9.48. The monoisotopic (exact) mass is 312 g/mol. The summed E-state index contributed by atoms with van der Waals surface area (Å²) in [6.45, 7) is 2.24. The molecular weight excluding hydrogens is 276 g/mol. The highest BCUT2D eigenvalue weighted by Crippen LogP contribution is 2.26. The normalized spacial score (nSPS) is 21.2. The molecular formula is C19H36O3. The Bertz CT molecular complexity index is 278. The lowest BCUT2D eigenvalue weighted by Gasteiger charge is -2.12. The van der Waals surface area contributed by atoms with Gasteiger partial charge < -0.3 is 9.47 Å². The van der Waals surface area contributed by atoms with Crippen molar-refractivity contribution in [1.82, 2.24) is 0 Å². The van der Waals surface area contributed by atoms with Crippen LogP contribution >= 0.6 is 0 Å². The zero-order valence-electron chi connectivity index (χ0n) is 14.8. The van der Waals surface area contributed by atoms with E-state index in [2.05, 4.69) is 11.7 Å². The lowest BCUT2D eigenvalue weighted by atomic mass is 10.0. The number of carbonyl (C=O) groups is 1. The van der Waals surface area contributed by atoms with Gasteiger partial charge in [0.05, 0.1) is 19.3 Å². The summed E-state index contributed by atoms with van der Waals surface area (Å²) in [6.07, 6.45) is 18.1. The van der Waals surface area contributed by atoms with Crippen LogP contribution in [0.1, 0.15) is 96.8 Å². The fraction of sp³-hybridized carbons (Fsp3) is 0.947. The molecule has 0 bridgehead atoms. The minimum atomic E-state index is -0.0738. The molecule has 0 aliphatic carbocycles. The number of hydrogen-bond donors (Lipinski definition) is 0. The molecule has 0 aromatic carbocycles. The highest BCUT2D eigenvalue weighted by atomic mass is 16.5. The first-order valence-corrected chi connectivity index (χ1v) is 9.48. The van der Waals surface area contributed by atoms with E-state index in [1.165, 1.54) is 77.7 Å². The van der Waals surface area contributed by atoms with Crippen LogP contribution in [0.4, 0.5) is 0 Å². The van der Waals surface area contributed by atoms with Gasteiger partial charge in [-0.05, 0) is 32.1 Å². The molecule has 0 saturated carbocycles. The summed E-state index contributed by atoms with van der Waals surface area (Å²) in [4.78, 5) is 11.0. The topological polar surface area (TPSA) is 35.5 Å². The minimum absolute atomic E-state index is 0.0738. The number of carbonyl (C=O) groups excluding carboxylic acids is 1. The van der Waals surface area contributed by atoms with E-state index in [0.717, 1.165) is 12.8 Å². The van der Waals surface area contributed by atoms with Crippen LogP contribution in [0.3, 0.4) is 0 Å². The van der Waals surface area contributed by atoms with Crippen LogP contribution in [-0.4, -0.2) is 25.3 Å². The Balaban J connectivity index is 1.79. The van der Waals surface area contributed by atoms with E-state index in [1.807, 2.05) is 0 Å². The molecule has 2 atom stereocenters. The molecule has 0 aromatic rings. The third kappa shape index (κ3) is 9.45. The van der Waals surface area contributed by atoms with Gasteiger partial charge in [0.15, 0.2) is 0 Å². The van der Waals surface area contributed by atoms with Gasteiger partial charge in [0.2, 0.25) is 0 Å². The average Bonchev–Trinajstić information content (AvgIpc) is 2.96. The Morgan fingerprint density at radius 2 is 1.45 bits per heavy atom. The van der Waals surface area contributed by atoms with Gasteiger partial charge in [0.25, 0.3) is 0 Å². The molecule has 3 nitrogen and oxygen atoms in total. The van der Waals surface area contributed by atoms with Crippen molar-refractivity contribution >= 4 is 5.97 Å². The molecule has 0 spiro atoms. The molecule has 1 heterocycles. The van der Waals surface area contributed by atoms with Gasteiger partial charge >= 0.3 is 5.97 Å². The molecule has 1 aliphatic heterocycles. The van der Waals surface area contributed by atoms with Gasteiger partial charge in [-0.25, -0.2) is 0 Å². The van der Waals surface area contributed by atoms with Crippen molar-refractivity contribution in [2.45, 2.75) is 109 Å². The number of esters is 1. The van der Waals surface area contributed by atoms with Gasteiger partial charge in [-0.2, -0.15) is 0 Å². The molecule has 0 N–H and O–H groups in total. The van der Waals surface area contributed by atoms with Crippen molar-refractivity contribution in [1.29, 1.82) is 0 Å². The highest BCUT2D eigenvalue weighted by molar-refractivity contribution is 5.68. The summed E-state index contributed by atoms with van der Waals surface area (Å²) < 4.78 is 10.7. The predicted molar refractivity (Wildman–Crippen MR) is 91.0 cm³/mol. The lowest BCUT2D eigenvalue weighted by molar-refractivity contribution is -0.140.